The highest BCUT2D eigenvalue weighted by molar-refractivity contribution is 5.60. The van der Waals surface area contributed by atoms with Crippen molar-refractivity contribution in [3.63, 3.8) is 0 Å². The number of halogens is 1. The SMILES string of the molecule is CCCCC1CCC(c2ccc(-c3ccc(CCC)cc3F)nc2)CC1. The minimum absolute atomic E-state index is 0.160. The maximum Gasteiger partial charge on any atom is 0.132 e. The fourth-order valence-corrected chi connectivity index (χ4v) is 4.29. The van der Waals surface area contributed by atoms with Gasteiger partial charge in [0.15, 0.2) is 0 Å². The highest BCUT2D eigenvalue weighted by atomic mass is 19.1. The van der Waals surface area contributed by atoms with Crippen LogP contribution in [0.4, 0.5) is 4.39 Å². The summed E-state index contributed by atoms with van der Waals surface area (Å²) < 4.78 is 14.4. The molecule has 140 valence electrons. The summed E-state index contributed by atoms with van der Waals surface area (Å²) in [5, 5.41) is 0. The van der Waals surface area contributed by atoms with Crippen molar-refractivity contribution < 1.29 is 4.39 Å². The quantitative estimate of drug-likeness (QED) is 0.508. The lowest BCUT2D eigenvalue weighted by Crippen LogP contribution is -2.13. The highest BCUT2D eigenvalue weighted by Gasteiger charge is 2.22. The molecule has 0 N–H and O–H groups in total. The van der Waals surface area contributed by atoms with Gasteiger partial charge in [0.2, 0.25) is 0 Å². The molecule has 26 heavy (non-hydrogen) atoms. The topological polar surface area (TPSA) is 12.9 Å². The molecule has 2 heteroatoms. The molecular weight excluding hydrogens is 321 g/mol. The van der Waals surface area contributed by atoms with Crippen LogP contribution >= 0.6 is 0 Å². The largest absolute Gasteiger partial charge is 0.256 e. The van der Waals surface area contributed by atoms with Gasteiger partial charge in [-0.15, -0.1) is 0 Å². The Morgan fingerprint density at radius 1 is 1.00 bits per heavy atom. The van der Waals surface area contributed by atoms with Crippen LogP contribution in [0.25, 0.3) is 11.3 Å². The summed E-state index contributed by atoms with van der Waals surface area (Å²) in [5.74, 6) is 1.40. The Balaban J connectivity index is 1.64. The molecule has 3 rings (SSSR count). The first kappa shape index (κ1) is 19.1. The van der Waals surface area contributed by atoms with Gasteiger partial charge in [0.25, 0.3) is 0 Å². The molecule has 0 saturated heterocycles. The lowest BCUT2D eigenvalue weighted by atomic mass is 9.77. The van der Waals surface area contributed by atoms with E-state index in [-0.39, 0.29) is 5.82 Å². The Morgan fingerprint density at radius 3 is 2.42 bits per heavy atom. The predicted octanol–water partition coefficient (Wildman–Crippen LogP) is 7.30. The molecule has 1 aromatic heterocycles. The Morgan fingerprint density at radius 2 is 1.81 bits per heavy atom. The number of aromatic nitrogens is 1. The molecule has 0 aliphatic heterocycles. The molecule has 0 spiro atoms. The minimum atomic E-state index is -0.160. The van der Waals surface area contributed by atoms with Gasteiger partial charge in [0.05, 0.1) is 5.69 Å². The van der Waals surface area contributed by atoms with Crippen molar-refractivity contribution in [2.24, 2.45) is 5.92 Å². The van der Waals surface area contributed by atoms with Crippen LogP contribution in [-0.4, -0.2) is 4.98 Å². The summed E-state index contributed by atoms with van der Waals surface area (Å²) in [4.78, 5) is 4.59. The smallest absolute Gasteiger partial charge is 0.132 e. The molecule has 0 atom stereocenters. The van der Waals surface area contributed by atoms with Crippen molar-refractivity contribution in [2.75, 3.05) is 0 Å². The summed E-state index contributed by atoms with van der Waals surface area (Å²) in [6, 6.07) is 9.72. The normalized spacial score (nSPS) is 20.3. The maximum atomic E-state index is 14.4. The van der Waals surface area contributed by atoms with Crippen molar-refractivity contribution in [3.8, 4) is 11.3 Å². The van der Waals surface area contributed by atoms with Gasteiger partial charge in [-0.05, 0) is 73.3 Å². The summed E-state index contributed by atoms with van der Waals surface area (Å²) >= 11 is 0. The summed E-state index contributed by atoms with van der Waals surface area (Å²) in [6.45, 7) is 4.39. The predicted molar refractivity (Wildman–Crippen MR) is 108 cm³/mol. The molecule has 1 heterocycles. The molecule has 1 aromatic carbocycles. The van der Waals surface area contributed by atoms with Gasteiger partial charge in [-0.2, -0.15) is 0 Å². The molecule has 1 saturated carbocycles. The lowest BCUT2D eigenvalue weighted by Gasteiger charge is -2.28. The molecular formula is C24H32FN. The van der Waals surface area contributed by atoms with E-state index in [1.54, 1.807) is 6.07 Å². The molecule has 1 aliphatic carbocycles. The number of hydrogen-bond acceptors (Lipinski definition) is 1. The van der Waals surface area contributed by atoms with Crippen molar-refractivity contribution in [1.82, 2.24) is 4.98 Å². The average molecular weight is 354 g/mol. The van der Waals surface area contributed by atoms with Gasteiger partial charge in [0.1, 0.15) is 5.82 Å². The molecule has 2 aromatic rings. The van der Waals surface area contributed by atoms with Gasteiger partial charge < -0.3 is 0 Å². The monoisotopic (exact) mass is 353 g/mol. The zero-order valence-corrected chi connectivity index (χ0v) is 16.3. The Labute approximate surface area is 158 Å². The Bertz CT molecular complexity index is 684. The number of aryl methyl sites for hydroxylation is 1. The fourth-order valence-electron chi connectivity index (χ4n) is 4.29. The van der Waals surface area contributed by atoms with Crippen LogP contribution in [0.15, 0.2) is 36.5 Å². The molecule has 0 radical (unpaired) electrons. The second kappa shape index (κ2) is 9.30. The molecule has 0 amide bonds. The van der Waals surface area contributed by atoms with Crippen molar-refractivity contribution in [2.45, 2.75) is 77.6 Å². The summed E-state index contributed by atoms with van der Waals surface area (Å²) in [5.41, 5.74) is 3.74. The number of nitrogens with zero attached hydrogens (tertiary/aromatic N) is 1. The van der Waals surface area contributed by atoms with Crippen LogP contribution < -0.4 is 0 Å². The number of unbranched alkanes of at least 4 members (excludes halogenated alkanes) is 1. The first-order valence-electron chi connectivity index (χ1n) is 10.5. The van der Waals surface area contributed by atoms with Crippen LogP contribution in [0.5, 0.6) is 0 Å². The highest BCUT2D eigenvalue weighted by Crippen LogP contribution is 2.37. The third-order valence-corrected chi connectivity index (χ3v) is 5.92. The molecule has 0 bridgehead atoms. The molecule has 1 fully saturated rings. The van der Waals surface area contributed by atoms with Crippen molar-refractivity contribution >= 4 is 0 Å². The minimum Gasteiger partial charge on any atom is -0.256 e. The number of hydrogen-bond donors (Lipinski definition) is 0. The fraction of sp³-hybridized carbons (Fsp3) is 0.542. The van der Waals surface area contributed by atoms with E-state index in [9.17, 15) is 4.39 Å². The third-order valence-electron chi connectivity index (χ3n) is 5.92. The van der Waals surface area contributed by atoms with E-state index in [1.807, 2.05) is 24.4 Å². The average Bonchev–Trinajstić information content (AvgIpc) is 2.67. The third kappa shape index (κ3) is 4.72. The standard InChI is InChI=1S/C24H32FN/c1-3-5-7-18-8-11-20(12-9-18)21-13-15-24(26-17-21)22-14-10-19(6-4-2)16-23(22)25/h10,13-18,20H,3-9,11-12H2,1-2H3. The van der Waals surface area contributed by atoms with E-state index in [2.05, 4.69) is 24.9 Å². The van der Waals surface area contributed by atoms with E-state index in [0.29, 0.717) is 11.5 Å². The summed E-state index contributed by atoms with van der Waals surface area (Å²) in [7, 11) is 0. The van der Waals surface area contributed by atoms with Gasteiger partial charge >= 0.3 is 0 Å². The van der Waals surface area contributed by atoms with Gasteiger partial charge in [-0.1, -0.05) is 51.7 Å². The summed E-state index contributed by atoms with van der Waals surface area (Å²) in [6.07, 6.45) is 13.2. The van der Waals surface area contributed by atoms with Crippen molar-refractivity contribution in [3.05, 3.63) is 53.5 Å². The zero-order chi connectivity index (χ0) is 18.4. The maximum absolute atomic E-state index is 14.4. The first-order chi connectivity index (χ1) is 12.7. The lowest BCUT2D eigenvalue weighted by molar-refractivity contribution is 0.304. The van der Waals surface area contributed by atoms with E-state index in [1.165, 1.54) is 50.5 Å². The van der Waals surface area contributed by atoms with Crippen LogP contribution in [0.1, 0.15) is 82.3 Å². The number of rotatable bonds is 7. The van der Waals surface area contributed by atoms with E-state index < -0.39 is 0 Å². The van der Waals surface area contributed by atoms with Gasteiger partial charge in [0, 0.05) is 11.8 Å². The molecule has 1 aliphatic rings. The van der Waals surface area contributed by atoms with Crippen LogP contribution in [0.2, 0.25) is 0 Å². The van der Waals surface area contributed by atoms with Crippen LogP contribution in [0.3, 0.4) is 0 Å². The second-order valence-electron chi connectivity index (χ2n) is 7.90. The van der Waals surface area contributed by atoms with E-state index in [4.69, 9.17) is 0 Å². The van der Waals surface area contributed by atoms with Crippen molar-refractivity contribution in [1.29, 1.82) is 0 Å². The van der Waals surface area contributed by atoms with Crippen LogP contribution in [-0.2, 0) is 6.42 Å². The van der Waals surface area contributed by atoms with Gasteiger partial charge in [-0.3, -0.25) is 4.98 Å². The molecule has 0 unspecified atom stereocenters. The van der Waals surface area contributed by atoms with E-state index >= 15 is 0 Å². The Hall–Kier alpha value is -1.70. The number of pyridine rings is 1. The van der Waals surface area contributed by atoms with Crippen LogP contribution in [0, 0.1) is 11.7 Å². The second-order valence-corrected chi connectivity index (χ2v) is 7.90. The number of benzene rings is 1. The zero-order valence-electron chi connectivity index (χ0n) is 16.3. The molecule has 1 nitrogen and oxygen atoms in total. The first-order valence-corrected chi connectivity index (χ1v) is 10.5. The van der Waals surface area contributed by atoms with E-state index in [0.717, 1.165) is 30.0 Å². The Kier molecular flexibility index (Phi) is 6.82. The van der Waals surface area contributed by atoms with Gasteiger partial charge in [-0.25, -0.2) is 4.39 Å².